The highest BCUT2D eigenvalue weighted by molar-refractivity contribution is 7.80. The summed E-state index contributed by atoms with van der Waals surface area (Å²) < 4.78 is 14.1. The fourth-order valence-corrected chi connectivity index (χ4v) is 1.19. The number of hydrogen-bond donors (Lipinski definition) is 2. The van der Waals surface area contributed by atoms with Crippen LogP contribution in [0.5, 0.6) is 0 Å². The van der Waals surface area contributed by atoms with Crippen LogP contribution in [0.25, 0.3) is 0 Å². The van der Waals surface area contributed by atoms with Crippen LogP contribution in [0.4, 0.5) is 0 Å². The number of hydrazine groups is 2. The highest BCUT2D eigenvalue weighted by Crippen LogP contribution is 2.08. The standard InChI is InChI=1S/C2H6N4OS/c7-8(5-1-3-5)6-2-4-6/h3-4H,1-2H2. The third-order valence-electron chi connectivity index (χ3n) is 0.951. The summed E-state index contributed by atoms with van der Waals surface area (Å²) in [6.07, 6.45) is 0. The summed E-state index contributed by atoms with van der Waals surface area (Å²) >= 11 is -0.957. The van der Waals surface area contributed by atoms with Crippen molar-refractivity contribution in [1.82, 2.24) is 19.7 Å². The first kappa shape index (κ1) is 4.83. The lowest BCUT2D eigenvalue weighted by Gasteiger charge is -1.92. The van der Waals surface area contributed by atoms with Crippen molar-refractivity contribution in [2.24, 2.45) is 0 Å². The Morgan fingerprint density at radius 1 is 1.25 bits per heavy atom. The molecule has 0 radical (unpaired) electrons. The third-order valence-corrected chi connectivity index (χ3v) is 2.22. The minimum atomic E-state index is -0.957. The summed E-state index contributed by atoms with van der Waals surface area (Å²) in [7, 11) is 0. The molecule has 0 spiro atoms. The van der Waals surface area contributed by atoms with Crippen molar-refractivity contribution in [3.8, 4) is 0 Å². The molecule has 0 aromatic rings. The second-order valence-corrected chi connectivity index (χ2v) is 2.96. The minimum absolute atomic E-state index is 0.741. The molecule has 8 heavy (non-hydrogen) atoms. The highest BCUT2D eigenvalue weighted by atomic mass is 32.2. The molecule has 46 valence electrons. The summed E-state index contributed by atoms with van der Waals surface area (Å²) in [6, 6.07) is 0. The first-order chi connectivity index (χ1) is 3.88. The van der Waals surface area contributed by atoms with Crippen LogP contribution in [0.15, 0.2) is 0 Å². The molecule has 2 atom stereocenters. The van der Waals surface area contributed by atoms with Crippen molar-refractivity contribution in [3.05, 3.63) is 0 Å². The maximum Gasteiger partial charge on any atom is 0.203 e. The van der Waals surface area contributed by atoms with Gasteiger partial charge in [0.25, 0.3) is 0 Å². The second-order valence-electron chi connectivity index (χ2n) is 1.62. The SMILES string of the molecule is O=S(N1CN1)N1CN1. The van der Waals surface area contributed by atoms with Gasteiger partial charge in [-0.1, -0.05) is 0 Å². The first-order valence-electron chi connectivity index (χ1n) is 2.32. The molecule has 2 rings (SSSR count). The van der Waals surface area contributed by atoms with Gasteiger partial charge in [0.2, 0.25) is 11.2 Å². The lowest BCUT2D eigenvalue weighted by molar-refractivity contribution is 0.603. The smallest absolute Gasteiger partial charge is 0.203 e. The quantitative estimate of drug-likeness (QED) is 0.434. The predicted octanol–water partition coefficient (Wildman–Crippen LogP) is -1.88. The van der Waals surface area contributed by atoms with Crippen molar-refractivity contribution in [3.63, 3.8) is 0 Å². The maximum absolute atomic E-state index is 10.8. The molecule has 0 aromatic carbocycles. The largest absolute Gasteiger partial charge is 0.224 e. The Balaban J connectivity index is 1.93. The van der Waals surface area contributed by atoms with E-state index in [1.807, 2.05) is 0 Å². The summed E-state index contributed by atoms with van der Waals surface area (Å²) in [5.74, 6) is 0. The number of nitrogens with one attached hydrogen (secondary N) is 2. The van der Waals surface area contributed by atoms with Crippen LogP contribution in [0.2, 0.25) is 0 Å². The van der Waals surface area contributed by atoms with Gasteiger partial charge in [-0.05, 0) is 0 Å². The van der Waals surface area contributed by atoms with Crippen molar-refractivity contribution >= 4 is 11.2 Å². The molecule has 2 N–H and O–H groups in total. The van der Waals surface area contributed by atoms with Gasteiger partial charge in [0.05, 0.1) is 13.3 Å². The Morgan fingerprint density at radius 3 is 1.88 bits per heavy atom. The van der Waals surface area contributed by atoms with Gasteiger partial charge >= 0.3 is 0 Å². The van der Waals surface area contributed by atoms with Crippen LogP contribution in [-0.2, 0) is 11.2 Å². The molecule has 0 aromatic heterocycles. The lowest BCUT2D eigenvalue weighted by Crippen LogP contribution is -2.15. The zero-order valence-electron chi connectivity index (χ0n) is 4.13. The van der Waals surface area contributed by atoms with E-state index < -0.39 is 11.2 Å². The summed E-state index contributed by atoms with van der Waals surface area (Å²) in [6.45, 7) is 1.48. The van der Waals surface area contributed by atoms with E-state index in [-0.39, 0.29) is 0 Å². The van der Waals surface area contributed by atoms with Crippen LogP contribution in [0.1, 0.15) is 0 Å². The summed E-state index contributed by atoms with van der Waals surface area (Å²) in [4.78, 5) is 0. The van der Waals surface area contributed by atoms with E-state index in [9.17, 15) is 4.21 Å². The van der Waals surface area contributed by atoms with Gasteiger partial charge in [0.15, 0.2) is 0 Å². The Labute approximate surface area is 49.3 Å². The Bertz CT molecular complexity index is 116. The monoisotopic (exact) mass is 134 g/mol. The Morgan fingerprint density at radius 2 is 1.62 bits per heavy atom. The van der Waals surface area contributed by atoms with Crippen molar-refractivity contribution in [2.75, 3.05) is 13.3 Å². The van der Waals surface area contributed by atoms with Gasteiger partial charge in [0, 0.05) is 0 Å². The average Bonchev–Trinajstić information content (AvgIpc) is 2.63. The van der Waals surface area contributed by atoms with Gasteiger partial charge < -0.3 is 0 Å². The van der Waals surface area contributed by atoms with E-state index in [0.717, 1.165) is 13.3 Å². The molecular weight excluding hydrogens is 128 g/mol. The van der Waals surface area contributed by atoms with Crippen molar-refractivity contribution in [1.29, 1.82) is 0 Å². The molecule has 2 aliphatic rings. The lowest BCUT2D eigenvalue weighted by atomic mass is 11.4. The second kappa shape index (κ2) is 1.49. The molecular formula is C2H6N4OS. The Hall–Kier alpha value is -0.0100. The van der Waals surface area contributed by atoms with E-state index in [0.29, 0.717) is 0 Å². The number of nitrogens with zero attached hydrogens (tertiary/aromatic N) is 2. The van der Waals surface area contributed by atoms with Gasteiger partial charge in [-0.25, -0.2) is 15.1 Å². The molecule has 2 unspecified atom stereocenters. The van der Waals surface area contributed by atoms with Gasteiger partial charge in [-0.15, -0.1) is 8.83 Å². The summed E-state index contributed by atoms with van der Waals surface area (Å²) in [5, 5.41) is 0. The molecule has 6 heteroatoms. The van der Waals surface area contributed by atoms with Crippen molar-refractivity contribution in [2.45, 2.75) is 0 Å². The van der Waals surface area contributed by atoms with Crippen LogP contribution < -0.4 is 10.9 Å². The van der Waals surface area contributed by atoms with E-state index in [2.05, 4.69) is 10.9 Å². The Kier molecular flexibility index (Phi) is 0.897. The number of rotatable bonds is 2. The predicted molar refractivity (Wildman–Crippen MR) is 27.8 cm³/mol. The fourth-order valence-electron chi connectivity index (χ4n) is 0.398. The van der Waals surface area contributed by atoms with Crippen LogP contribution in [0, 0.1) is 0 Å². The zero-order chi connectivity index (χ0) is 5.56. The average molecular weight is 134 g/mol. The molecule has 2 fully saturated rings. The molecule has 0 aliphatic carbocycles. The van der Waals surface area contributed by atoms with Gasteiger partial charge in [-0.2, -0.15) is 0 Å². The molecule has 0 amide bonds. The van der Waals surface area contributed by atoms with Crippen LogP contribution in [-0.4, -0.2) is 26.4 Å². The highest BCUT2D eigenvalue weighted by Gasteiger charge is 2.34. The van der Waals surface area contributed by atoms with E-state index in [1.54, 1.807) is 8.83 Å². The fraction of sp³-hybridized carbons (Fsp3) is 1.00. The first-order valence-corrected chi connectivity index (χ1v) is 3.38. The van der Waals surface area contributed by atoms with E-state index in [4.69, 9.17) is 0 Å². The molecule has 0 saturated carbocycles. The number of hydrogen-bond acceptors (Lipinski definition) is 3. The van der Waals surface area contributed by atoms with Gasteiger partial charge in [-0.3, -0.25) is 0 Å². The van der Waals surface area contributed by atoms with Crippen LogP contribution in [0.3, 0.4) is 0 Å². The van der Waals surface area contributed by atoms with E-state index >= 15 is 0 Å². The topological polar surface area (TPSA) is 67.0 Å². The third kappa shape index (κ3) is 0.762. The zero-order valence-corrected chi connectivity index (χ0v) is 4.94. The van der Waals surface area contributed by atoms with Crippen LogP contribution >= 0.6 is 0 Å². The molecule has 2 heterocycles. The van der Waals surface area contributed by atoms with E-state index in [1.165, 1.54) is 0 Å². The normalized spacial score (nSPS) is 46.0. The molecule has 5 nitrogen and oxygen atoms in total. The molecule has 2 aliphatic heterocycles. The minimum Gasteiger partial charge on any atom is -0.224 e. The maximum atomic E-state index is 10.8. The summed E-state index contributed by atoms with van der Waals surface area (Å²) in [5.41, 5.74) is 5.61. The molecule has 2 saturated heterocycles. The molecule has 0 bridgehead atoms. The van der Waals surface area contributed by atoms with Crippen molar-refractivity contribution < 1.29 is 4.21 Å². The van der Waals surface area contributed by atoms with Gasteiger partial charge in [0.1, 0.15) is 0 Å².